The fourth-order valence-corrected chi connectivity index (χ4v) is 3.81. The summed E-state index contributed by atoms with van der Waals surface area (Å²) >= 11 is 0. The van der Waals surface area contributed by atoms with Gasteiger partial charge in [-0.2, -0.15) is 4.98 Å². The van der Waals surface area contributed by atoms with E-state index in [9.17, 15) is 4.39 Å². The molecule has 0 aliphatic carbocycles. The molecule has 1 N–H and O–H groups in total. The Labute approximate surface area is 179 Å². The predicted octanol–water partition coefficient (Wildman–Crippen LogP) is 4.86. The highest BCUT2D eigenvalue weighted by Crippen LogP contribution is 2.31. The van der Waals surface area contributed by atoms with Crippen LogP contribution < -0.4 is 10.1 Å². The van der Waals surface area contributed by atoms with E-state index in [2.05, 4.69) is 19.9 Å². The van der Waals surface area contributed by atoms with Crippen molar-refractivity contribution in [1.29, 1.82) is 0 Å². The maximum atomic E-state index is 13.4. The van der Waals surface area contributed by atoms with Gasteiger partial charge in [0.2, 0.25) is 0 Å². The Morgan fingerprint density at radius 2 is 1.68 bits per heavy atom. The molecule has 0 atom stereocenters. The van der Waals surface area contributed by atoms with Crippen molar-refractivity contribution in [3.63, 3.8) is 0 Å². The molecule has 5 rings (SSSR count). The fraction of sp³-hybridized carbons (Fsp3) is 0.208. The Morgan fingerprint density at radius 3 is 2.45 bits per heavy atom. The van der Waals surface area contributed by atoms with E-state index in [1.165, 1.54) is 12.1 Å². The quantitative estimate of drug-likeness (QED) is 0.504. The van der Waals surface area contributed by atoms with Gasteiger partial charge >= 0.3 is 6.01 Å². The lowest BCUT2D eigenvalue weighted by Gasteiger charge is -2.25. The largest absolute Gasteiger partial charge is 0.424 e. The number of ether oxygens (including phenoxy) is 1. The summed E-state index contributed by atoms with van der Waals surface area (Å²) in [7, 11) is 0. The first kappa shape index (κ1) is 19.4. The molecule has 3 heterocycles. The molecule has 0 bridgehead atoms. The van der Waals surface area contributed by atoms with Crippen molar-refractivity contribution < 1.29 is 9.13 Å². The van der Waals surface area contributed by atoms with Crippen LogP contribution in [0.3, 0.4) is 0 Å². The highest BCUT2D eigenvalue weighted by Gasteiger charge is 2.22. The molecule has 2 aromatic carbocycles. The smallest absolute Gasteiger partial charge is 0.322 e. The molecule has 1 fully saturated rings. The number of piperidine rings is 1. The molecule has 0 spiro atoms. The number of benzene rings is 2. The van der Waals surface area contributed by atoms with Crippen molar-refractivity contribution in [3.8, 4) is 34.5 Å². The van der Waals surface area contributed by atoms with Crippen molar-refractivity contribution >= 4 is 0 Å². The molecular weight excluding hydrogens is 393 g/mol. The average Bonchev–Trinajstić information content (AvgIpc) is 3.27. The van der Waals surface area contributed by atoms with Crippen molar-refractivity contribution in [2.45, 2.75) is 18.9 Å². The van der Waals surface area contributed by atoms with Crippen molar-refractivity contribution in [2.24, 2.45) is 0 Å². The van der Waals surface area contributed by atoms with Gasteiger partial charge in [0.25, 0.3) is 0 Å². The van der Waals surface area contributed by atoms with Crippen LogP contribution in [-0.4, -0.2) is 32.6 Å². The number of nitrogens with zero attached hydrogens (tertiary/aromatic N) is 4. The number of imidazole rings is 1. The van der Waals surface area contributed by atoms with Crippen LogP contribution in [0.15, 0.2) is 73.1 Å². The third kappa shape index (κ3) is 4.32. The minimum atomic E-state index is -0.264. The number of rotatable bonds is 5. The molecule has 0 saturated carbocycles. The number of hydrogen-bond acceptors (Lipinski definition) is 5. The first-order valence-corrected chi connectivity index (χ1v) is 10.4. The predicted molar refractivity (Wildman–Crippen MR) is 116 cm³/mol. The third-order valence-electron chi connectivity index (χ3n) is 5.39. The Hall–Kier alpha value is -3.58. The van der Waals surface area contributed by atoms with E-state index < -0.39 is 0 Å². The summed E-state index contributed by atoms with van der Waals surface area (Å²) in [6, 6.07) is 18.3. The molecule has 1 saturated heterocycles. The fourth-order valence-electron chi connectivity index (χ4n) is 3.81. The lowest BCUT2D eigenvalue weighted by molar-refractivity contribution is 0.370. The molecule has 31 heavy (non-hydrogen) atoms. The van der Waals surface area contributed by atoms with Gasteiger partial charge < -0.3 is 14.6 Å². The minimum Gasteiger partial charge on any atom is -0.424 e. The summed E-state index contributed by atoms with van der Waals surface area (Å²) in [5.74, 6) is 1.17. The second-order valence-corrected chi connectivity index (χ2v) is 7.48. The maximum Gasteiger partial charge on any atom is 0.322 e. The van der Waals surface area contributed by atoms with Crippen molar-refractivity contribution in [1.82, 2.24) is 24.8 Å². The molecule has 1 aliphatic rings. The Morgan fingerprint density at radius 1 is 0.903 bits per heavy atom. The van der Waals surface area contributed by atoms with Crippen molar-refractivity contribution in [2.75, 3.05) is 13.1 Å². The number of nitrogens with one attached hydrogen (secondary N) is 1. The maximum absolute atomic E-state index is 13.4. The zero-order chi connectivity index (χ0) is 21.0. The van der Waals surface area contributed by atoms with Crippen LogP contribution in [0, 0.1) is 5.82 Å². The molecule has 156 valence electrons. The van der Waals surface area contributed by atoms with Crippen LogP contribution in [0.25, 0.3) is 22.8 Å². The van der Waals surface area contributed by atoms with Gasteiger partial charge in [0, 0.05) is 24.0 Å². The van der Waals surface area contributed by atoms with E-state index in [0.717, 1.165) is 43.0 Å². The Balaban J connectivity index is 1.54. The molecular formula is C24H22FN5O. The highest BCUT2D eigenvalue weighted by molar-refractivity contribution is 5.63. The number of para-hydroxylation sites is 1. The SMILES string of the molecule is Fc1ccc(-c2cn(C3CCNCC3)c(-c3ccnc(Oc4ccccc4)n3)n2)cc1. The summed E-state index contributed by atoms with van der Waals surface area (Å²) in [5, 5.41) is 3.40. The van der Waals surface area contributed by atoms with Gasteiger partial charge in [-0.3, -0.25) is 0 Å². The van der Waals surface area contributed by atoms with Crippen LogP contribution >= 0.6 is 0 Å². The van der Waals surface area contributed by atoms with Gasteiger partial charge in [-0.15, -0.1) is 0 Å². The van der Waals surface area contributed by atoms with Crippen LogP contribution in [0.2, 0.25) is 0 Å². The van der Waals surface area contributed by atoms with E-state index in [1.54, 1.807) is 18.3 Å². The lowest BCUT2D eigenvalue weighted by atomic mass is 10.1. The lowest BCUT2D eigenvalue weighted by Crippen LogP contribution is -2.29. The first-order valence-electron chi connectivity index (χ1n) is 10.4. The Kier molecular flexibility index (Phi) is 5.41. The normalized spacial score (nSPS) is 14.5. The summed E-state index contributed by atoms with van der Waals surface area (Å²) in [6.07, 6.45) is 5.73. The van der Waals surface area contributed by atoms with E-state index in [4.69, 9.17) is 9.72 Å². The number of aromatic nitrogens is 4. The molecule has 4 aromatic rings. The standard InChI is InChI=1S/C24H22FN5O/c25-18-8-6-17(7-9-18)22-16-30(19-10-13-26-14-11-19)23(28-22)21-12-15-27-24(29-21)31-20-4-2-1-3-5-20/h1-9,12,15-16,19,26H,10-11,13-14H2. The molecule has 0 amide bonds. The van der Waals surface area contributed by atoms with Crippen LogP contribution in [0.1, 0.15) is 18.9 Å². The van der Waals surface area contributed by atoms with Crippen LogP contribution in [0.4, 0.5) is 4.39 Å². The van der Waals surface area contributed by atoms with E-state index in [0.29, 0.717) is 17.5 Å². The van der Waals surface area contributed by atoms with Gasteiger partial charge in [-0.25, -0.2) is 14.4 Å². The average molecular weight is 415 g/mol. The monoisotopic (exact) mass is 415 g/mol. The summed E-state index contributed by atoms with van der Waals surface area (Å²) in [4.78, 5) is 13.8. The topological polar surface area (TPSA) is 64.9 Å². The molecule has 7 heteroatoms. The van der Waals surface area contributed by atoms with Crippen molar-refractivity contribution in [3.05, 3.63) is 78.9 Å². The Bertz CT molecular complexity index is 1150. The van der Waals surface area contributed by atoms with Gasteiger partial charge in [0.1, 0.15) is 17.3 Å². The number of halogens is 1. The minimum absolute atomic E-state index is 0.264. The summed E-state index contributed by atoms with van der Waals surface area (Å²) < 4.78 is 21.4. The summed E-state index contributed by atoms with van der Waals surface area (Å²) in [5.41, 5.74) is 2.34. The van der Waals surface area contributed by atoms with Crippen LogP contribution in [-0.2, 0) is 0 Å². The molecule has 0 radical (unpaired) electrons. The number of hydrogen-bond donors (Lipinski definition) is 1. The molecule has 2 aromatic heterocycles. The van der Waals surface area contributed by atoms with E-state index in [1.807, 2.05) is 42.6 Å². The molecule has 6 nitrogen and oxygen atoms in total. The van der Waals surface area contributed by atoms with E-state index in [-0.39, 0.29) is 11.8 Å². The summed E-state index contributed by atoms with van der Waals surface area (Å²) in [6.45, 7) is 1.92. The molecule has 1 aliphatic heterocycles. The first-order chi connectivity index (χ1) is 15.3. The van der Waals surface area contributed by atoms with Gasteiger partial charge in [0.15, 0.2) is 5.82 Å². The highest BCUT2D eigenvalue weighted by atomic mass is 19.1. The molecule has 0 unspecified atom stereocenters. The zero-order valence-corrected chi connectivity index (χ0v) is 16.9. The second kappa shape index (κ2) is 8.65. The van der Waals surface area contributed by atoms with Gasteiger partial charge in [0.05, 0.1) is 5.69 Å². The zero-order valence-electron chi connectivity index (χ0n) is 16.9. The van der Waals surface area contributed by atoms with E-state index >= 15 is 0 Å². The van der Waals surface area contributed by atoms with Gasteiger partial charge in [-0.05, 0) is 68.4 Å². The van der Waals surface area contributed by atoms with Gasteiger partial charge in [-0.1, -0.05) is 18.2 Å². The van der Waals surface area contributed by atoms with Crippen LogP contribution in [0.5, 0.6) is 11.8 Å². The third-order valence-corrected chi connectivity index (χ3v) is 5.39. The second-order valence-electron chi connectivity index (χ2n) is 7.48.